The summed E-state index contributed by atoms with van der Waals surface area (Å²) in [4.78, 5) is 13.2. The highest BCUT2D eigenvalue weighted by Gasteiger charge is 2.37. The average molecular weight is 559 g/mol. The molecule has 4 rings (SSSR count). The molecule has 3 aromatic rings. The lowest BCUT2D eigenvalue weighted by molar-refractivity contribution is -0.124. The smallest absolute Gasteiger partial charge is 0.244 e. The minimum atomic E-state index is -3.99. The molecular formula is C28H34N2O6S2. The van der Waals surface area contributed by atoms with E-state index in [1.165, 1.54) is 24.1 Å². The Morgan fingerprint density at radius 1 is 1.03 bits per heavy atom. The van der Waals surface area contributed by atoms with Gasteiger partial charge in [-0.15, -0.1) is 0 Å². The Morgan fingerprint density at radius 2 is 1.74 bits per heavy atom. The summed E-state index contributed by atoms with van der Waals surface area (Å²) < 4.78 is 46.4. The number of thiophene rings is 1. The molecule has 1 amide bonds. The van der Waals surface area contributed by atoms with Crippen molar-refractivity contribution in [1.82, 2.24) is 9.62 Å². The molecule has 1 aliphatic heterocycles. The van der Waals surface area contributed by atoms with Crippen LogP contribution in [0.5, 0.6) is 17.2 Å². The van der Waals surface area contributed by atoms with Gasteiger partial charge in [0.2, 0.25) is 21.7 Å². The number of hydrogen-bond donors (Lipinski definition) is 1. The Morgan fingerprint density at radius 3 is 2.37 bits per heavy atom. The van der Waals surface area contributed by atoms with Gasteiger partial charge in [-0.25, -0.2) is 8.42 Å². The number of carbonyl (C=O) groups excluding carboxylic acids is 1. The maximum atomic E-state index is 13.9. The Balaban J connectivity index is 1.67. The Kier molecular flexibility index (Phi) is 9.30. The molecule has 1 atom stereocenters. The lowest BCUT2D eigenvalue weighted by Gasteiger charge is -2.29. The van der Waals surface area contributed by atoms with Gasteiger partial charge in [-0.3, -0.25) is 4.79 Å². The summed E-state index contributed by atoms with van der Waals surface area (Å²) >= 11 is 1.64. The lowest BCUT2D eigenvalue weighted by Crippen LogP contribution is -2.48. The van der Waals surface area contributed by atoms with Gasteiger partial charge in [0.15, 0.2) is 11.5 Å². The average Bonchev–Trinajstić information content (AvgIpc) is 3.34. The van der Waals surface area contributed by atoms with Crippen LogP contribution < -0.4 is 19.5 Å². The highest BCUT2D eigenvalue weighted by molar-refractivity contribution is 7.89. The topological polar surface area (TPSA) is 94.2 Å². The second kappa shape index (κ2) is 12.6. The molecule has 2 aromatic carbocycles. The van der Waals surface area contributed by atoms with Gasteiger partial charge in [0, 0.05) is 19.5 Å². The van der Waals surface area contributed by atoms with Crippen molar-refractivity contribution in [1.29, 1.82) is 0 Å². The van der Waals surface area contributed by atoms with E-state index in [0.717, 1.165) is 24.8 Å². The summed E-state index contributed by atoms with van der Waals surface area (Å²) in [7, 11) is -0.930. The minimum Gasteiger partial charge on any atom is -0.493 e. The molecule has 0 saturated carbocycles. The van der Waals surface area contributed by atoms with Crippen molar-refractivity contribution in [2.24, 2.45) is 0 Å². The van der Waals surface area contributed by atoms with E-state index in [4.69, 9.17) is 14.2 Å². The fourth-order valence-corrected chi connectivity index (χ4v) is 6.77. The van der Waals surface area contributed by atoms with Crippen molar-refractivity contribution in [3.63, 3.8) is 0 Å². The highest BCUT2D eigenvalue weighted by atomic mass is 32.2. The molecule has 1 fully saturated rings. The molecule has 38 heavy (non-hydrogen) atoms. The van der Waals surface area contributed by atoms with Crippen molar-refractivity contribution >= 4 is 27.3 Å². The summed E-state index contributed by atoms with van der Waals surface area (Å²) in [6.45, 7) is 2.83. The zero-order valence-electron chi connectivity index (χ0n) is 21.9. The first-order valence-corrected chi connectivity index (χ1v) is 15.0. The van der Waals surface area contributed by atoms with Crippen LogP contribution >= 0.6 is 11.3 Å². The molecule has 0 radical (unpaired) electrons. The summed E-state index contributed by atoms with van der Waals surface area (Å²) in [6, 6.07) is 11.4. The molecular weight excluding hydrogens is 524 g/mol. The maximum Gasteiger partial charge on any atom is 0.244 e. The third kappa shape index (κ3) is 6.48. The molecule has 1 saturated heterocycles. The normalized spacial score (nSPS) is 16.1. The number of aryl methyl sites for hydroxylation is 1. The molecule has 2 heterocycles. The first-order chi connectivity index (χ1) is 18.3. The van der Waals surface area contributed by atoms with Gasteiger partial charge in [0.1, 0.15) is 6.04 Å². The summed E-state index contributed by atoms with van der Waals surface area (Å²) in [6.07, 6.45) is 2.72. The van der Waals surface area contributed by atoms with E-state index in [1.807, 2.05) is 12.3 Å². The van der Waals surface area contributed by atoms with Gasteiger partial charge in [-0.2, -0.15) is 15.6 Å². The largest absolute Gasteiger partial charge is 0.493 e. The van der Waals surface area contributed by atoms with Crippen LogP contribution in [0, 0.1) is 6.92 Å². The Bertz CT molecular complexity index is 1300. The van der Waals surface area contributed by atoms with Crippen LogP contribution in [0.15, 0.2) is 58.1 Å². The highest BCUT2D eigenvalue weighted by Crippen LogP contribution is 2.39. The summed E-state index contributed by atoms with van der Waals surface area (Å²) in [5.41, 5.74) is 2.76. The van der Waals surface area contributed by atoms with E-state index < -0.39 is 16.1 Å². The SMILES string of the molecule is COc1cc(CN([C@H]2CCCCNC2=O)S(=O)(=O)c2ccc(C)cc2)cc(OC)c1OCCc1ccsc1. The zero-order chi connectivity index (χ0) is 27.1. The number of amides is 1. The number of benzene rings is 2. The molecule has 204 valence electrons. The fraction of sp³-hybridized carbons (Fsp3) is 0.393. The van der Waals surface area contributed by atoms with Crippen LogP contribution in [0.1, 0.15) is 36.0 Å². The molecule has 1 aliphatic rings. The monoisotopic (exact) mass is 558 g/mol. The fourth-order valence-electron chi connectivity index (χ4n) is 4.46. The molecule has 0 bridgehead atoms. The quantitative estimate of drug-likeness (QED) is 0.371. The zero-order valence-corrected chi connectivity index (χ0v) is 23.6. The third-order valence-electron chi connectivity index (χ3n) is 6.56. The standard InChI is InChI=1S/C28H34N2O6S2/c1-20-7-9-23(10-8-20)38(32,33)30(24-6-4-5-13-29-28(24)31)18-22-16-25(34-2)27(26(17-22)35-3)36-14-11-21-12-15-37-19-21/h7-10,12,15-17,19,24H,4-6,11,13-14,18H2,1-3H3,(H,29,31)/t24-/m0/s1. The van der Waals surface area contributed by atoms with Gasteiger partial charge in [-0.05, 0) is 78.4 Å². The van der Waals surface area contributed by atoms with Gasteiger partial charge in [-0.1, -0.05) is 17.7 Å². The number of nitrogens with one attached hydrogen (secondary N) is 1. The molecule has 0 spiro atoms. The van der Waals surface area contributed by atoms with Crippen LogP contribution in [-0.2, 0) is 27.8 Å². The number of sulfonamides is 1. The van der Waals surface area contributed by atoms with Crippen LogP contribution in [0.25, 0.3) is 0 Å². The maximum absolute atomic E-state index is 13.9. The van der Waals surface area contributed by atoms with Crippen molar-refractivity contribution in [2.75, 3.05) is 27.4 Å². The number of carbonyl (C=O) groups is 1. The number of nitrogens with zero attached hydrogens (tertiary/aromatic N) is 1. The van der Waals surface area contributed by atoms with Crippen molar-refractivity contribution in [3.05, 3.63) is 69.9 Å². The predicted molar refractivity (Wildman–Crippen MR) is 148 cm³/mol. The lowest BCUT2D eigenvalue weighted by atomic mass is 10.1. The van der Waals surface area contributed by atoms with Crippen LogP contribution in [-0.4, -0.2) is 52.0 Å². The van der Waals surface area contributed by atoms with Gasteiger partial charge < -0.3 is 19.5 Å². The molecule has 1 aromatic heterocycles. The van der Waals surface area contributed by atoms with Crippen LogP contribution in [0.2, 0.25) is 0 Å². The van der Waals surface area contributed by atoms with E-state index in [1.54, 1.807) is 47.7 Å². The third-order valence-corrected chi connectivity index (χ3v) is 9.16. The van der Waals surface area contributed by atoms with E-state index in [-0.39, 0.29) is 17.3 Å². The second-order valence-electron chi connectivity index (χ2n) is 9.23. The number of hydrogen-bond acceptors (Lipinski definition) is 7. The molecule has 10 heteroatoms. The first-order valence-electron chi connectivity index (χ1n) is 12.6. The molecule has 0 aliphatic carbocycles. The summed E-state index contributed by atoms with van der Waals surface area (Å²) in [5.74, 6) is 1.03. The van der Waals surface area contributed by atoms with Crippen molar-refractivity contribution < 1.29 is 27.4 Å². The number of ether oxygens (including phenoxy) is 3. The second-order valence-corrected chi connectivity index (χ2v) is 11.9. The van der Waals surface area contributed by atoms with Gasteiger partial charge in [0.25, 0.3) is 0 Å². The predicted octanol–water partition coefficient (Wildman–Crippen LogP) is 4.55. The van der Waals surface area contributed by atoms with Gasteiger partial charge in [0.05, 0.1) is 25.7 Å². The van der Waals surface area contributed by atoms with E-state index in [2.05, 4.69) is 16.8 Å². The Labute approximate surface area is 228 Å². The minimum absolute atomic E-state index is 0.0315. The molecule has 0 unspecified atom stereocenters. The molecule has 8 nitrogen and oxygen atoms in total. The van der Waals surface area contributed by atoms with Crippen LogP contribution in [0.3, 0.4) is 0 Å². The Hall–Kier alpha value is -3.08. The number of rotatable bonds is 11. The van der Waals surface area contributed by atoms with E-state index >= 15 is 0 Å². The van der Waals surface area contributed by atoms with Crippen molar-refractivity contribution in [2.45, 2.75) is 50.1 Å². The van der Waals surface area contributed by atoms with E-state index in [9.17, 15) is 13.2 Å². The summed E-state index contributed by atoms with van der Waals surface area (Å²) in [5, 5.41) is 6.97. The molecule has 1 N–H and O–H groups in total. The van der Waals surface area contributed by atoms with Crippen molar-refractivity contribution in [3.8, 4) is 17.2 Å². The first kappa shape index (κ1) is 27.9. The number of methoxy groups -OCH3 is 2. The van der Waals surface area contributed by atoms with Gasteiger partial charge >= 0.3 is 0 Å². The van der Waals surface area contributed by atoms with Crippen LogP contribution in [0.4, 0.5) is 0 Å². The van der Waals surface area contributed by atoms with E-state index in [0.29, 0.717) is 42.4 Å².